The highest BCUT2D eigenvalue weighted by molar-refractivity contribution is 5.45. The Morgan fingerprint density at radius 2 is 1.76 bits per heavy atom. The maximum absolute atomic E-state index is 8.93. The van der Waals surface area contributed by atoms with Crippen LogP contribution in [-0.4, -0.2) is 10.1 Å². The minimum Gasteiger partial charge on any atom is -0.392 e. The van der Waals surface area contributed by atoms with E-state index in [1.807, 2.05) is 30.3 Å². The van der Waals surface area contributed by atoms with Crippen molar-refractivity contribution in [2.45, 2.75) is 13.2 Å². The number of aliphatic hydroxyl groups excluding tert-OH is 1. The maximum atomic E-state index is 8.93. The molecular weight excluding hydrogens is 214 g/mol. The summed E-state index contributed by atoms with van der Waals surface area (Å²) in [5, 5.41) is 12.2. The van der Waals surface area contributed by atoms with Crippen molar-refractivity contribution in [3.8, 4) is 0 Å². The third-order valence-corrected chi connectivity index (χ3v) is 2.49. The van der Waals surface area contributed by atoms with Crippen LogP contribution in [0.4, 0.5) is 11.5 Å². The van der Waals surface area contributed by atoms with Crippen molar-refractivity contribution in [3.63, 3.8) is 0 Å². The Morgan fingerprint density at radius 1 is 1.06 bits per heavy atom. The molecule has 0 unspecified atom stereocenters. The van der Waals surface area contributed by atoms with Gasteiger partial charge in [-0.15, -0.1) is 0 Å². The number of anilines is 2. The van der Waals surface area contributed by atoms with Gasteiger partial charge in [-0.2, -0.15) is 0 Å². The molecule has 2 aromatic rings. The topological polar surface area (TPSA) is 71.2 Å². The summed E-state index contributed by atoms with van der Waals surface area (Å²) in [5.74, 6) is 0.517. The number of hydrogen-bond acceptors (Lipinski definition) is 4. The number of aliphatic hydroxyl groups is 1. The van der Waals surface area contributed by atoms with Crippen molar-refractivity contribution in [3.05, 3.63) is 53.7 Å². The van der Waals surface area contributed by atoms with E-state index in [1.54, 1.807) is 12.3 Å². The number of benzene rings is 1. The maximum Gasteiger partial charge on any atom is 0.123 e. The van der Waals surface area contributed by atoms with Crippen LogP contribution in [0.1, 0.15) is 11.1 Å². The number of pyridine rings is 1. The molecule has 0 spiro atoms. The zero-order valence-corrected chi connectivity index (χ0v) is 9.43. The molecule has 2 rings (SSSR count). The normalized spacial score (nSPS) is 10.2. The highest BCUT2D eigenvalue weighted by atomic mass is 16.3. The minimum atomic E-state index is 0.0790. The molecule has 4 N–H and O–H groups in total. The Bertz CT molecular complexity index is 465. The van der Waals surface area contributed by atoms with Gasteiger partial charge in [0.25, 0.3) is 0 Å². The summed E-state index contributed by atoms with van der Waals surface area (Å²) in [6.45, 7) is 0.799. The van der Waals surface area contributed by atoms with Crippen molar-refractivity contribution in [2.24, 2.45) is 0 Å². The number of nitrogens with one attached hydrogen (secondary N) is 1. The third-order valence-electron chi connectivity index (χ3n) is 2.49. The lowest BCUT2D eigenvalue weighted by molar-refractivity contribution is 0.282. The van der Waals surface area contributed by atoms with Crippen LogP contribution in [0.5, 0.6) is 0 Å². The second kappa shape index (κ2) is 5.32. The quantitative estimate of drug-likeness (QED) is 0.747. The molecule has 0 aliphatic rings. The first-order valence-corrected chi connectivity index (χ1v) is 5.42. The first-order chi connectivity index (χ1) is 8.28. The number of nitrogens with zero attached hydrogens (tertiary/aromatic N) is 1. The van der Waals surface area contributed by atoms with E-state index in [1.165, 1.54) is 0 Å². The van der Waals surface area contributed by atoms with Gasteiger partial charge in [0.2, 0.25) is 0 Å². The van der Waals surface area contributed by atoms with Crippen LogP contribution in [0.2, 0.25) is 0 Å². The molecule has 0 radical (unpaired) electrons. The molecule has 0 saturated carbocycles. The fraction of sp³-hybridized carbons (Fsp3) is 0.154. The zero-order chi connectivity index (χ0) is 12.1. The summed E-state index contributed by atoms with van der Waals surface area (Å²) >= 11 is 0. The van der Waals surface area contributed by atoms with E-state index in [0.29, 0.717) is 5.82 Å². The number of nitrogens with two attached hydrogens (primary N) is 1. The lowest BCUT2D eigenvalue weighted by Crippen LogP contribution is -2.00. The molecule has 0 saturated heterocycles. The molecule has 0 fully saturated rings. The van der Waals surface area contributed by atoms with Gasteiger partial charge in [-0.05, 0) is 23.3 Å². The molecule has 4 heteroatoms. The molecule has 0 aliphatic carbocycles. The Kier molecular flexibility index (Phi) is 3.57. The monoisotopic (exact) mass is 229 g/mol. The van der Waals surface area contributed by atoms with E-state index in [-0.39, 0.29) is 6.61 Å². The van der Waals surface area contributed by atoms with Gasteiger partial charge in [-0.25, -0.2) is 4.98 Å². The highest BCUT2D eigenvalue weighted by Gasteiger charge is 1.95. The highest BCUT2D eigenvalue weighted by Crippen LogP contribution is 2.10. The van der Waals surface area contributed by atoms with Gasteiger partial charge in [0.1, 0.15) is 5.82 Å². The van der Waals surface area contributed by atoms with Crippen molar-refractivity contribution < 1.29 is 5.11 Å². The molecule has 1 aromatic carbocycles. The predicted octanol–water partition coefficient (Wildman–Crippen LogP) is 1.77. The molecule has 1 aromatic heterocycles. The van der Waals surface area contributed by atoms with E-state index in [2.05, 4.69) is 10.3 Å². The van der Waals surface area contributed by atoms with Crippen LogP contribution in [0.25, 0.3) is 0 Å². The molecule has 4 nitrogen and oxygen atoms in total. The van der Waals surface area contributed by atoms with E-state index in [9.17, 15) is 0 Å². The molecule has 0 bridgehead atoms. The fourth-order valence-electron chi connectivity index (χ4n) is 1.48. The second-order valence-electron chi connectivity index (χ2n) is 3.80. The van der Waals surface area contributed by atoms with Crippen molar-refractivity contribution in [1.29, 1.82) is 0 Å². The number of aromatic nitrogens is 1. The van der Waals surface area contributed by atoms with E-state index >= 15 is 0 Å². The van der Waals surface area contributed by atoms with Crippen LogP contribution in [-0.2, 0) is 13.2 Å². The Labute approximate surface area is 100 Å². The van der Waals surface area contributed by atoms with Crippen LogP contribution < -0.4 is 11.1 Å². The average molecular weight is 229 g/mol. The van der Waals surface area contributed by atoms with E-state index in [0.717, 1.165) is 23.4 Å². The second-order valence-corrected chi connectivity index (χ2v) is 3.80. The number of hydrogen-bond donors (Lipinski definition) is 3. The van der Waals surface area contributed by atoms with Gasteiger partial charge >= 0.3 is 0 Å². The summed E-state index contributed by atoms with van der Waals surface area (Å²) in [4.78, 5) is 4.00. The molecule has 0 aliphatic heterocycles. The minimum absolute atomic E-state index is 0.0790. The smallest absolute Gasteiger partial charge is 0.123 e. The Hall–Kier alpha value is -2.07. The fourth-order valence-corrected chi connectivity index (χ4v) is 1.48. The van der Waals surface area contributed by atoms with Crippen LogP contribution in [0, 0.1) is 0 Å². The summed E-state index contributed by atoms with van der Waals surface area (Å²) in [5.41, 5.74) is 8.51. The van der Waals surface area contributed by atoms with E-state index < -0.39 is 0 Å². The van der Waals surface area contributed by atoms with E-state index in [4.69, 9.17) is 10.8 Å². The van der Waals surface area contributed by atoms with Crippen LogP contribution in [0.15, 0.2) is 42.6 Å². The van der Waals surface area contributed by atoms with Crippen molar-refractivity contribution in [2.75, 3.05) is 11.1 Å². The summed E-state index contributed by atoms with van der Waals surface area (Å²) in [7, 11) is 0. The predicted molar refractivity (Wildman–Crippen MR) is 68.3 cm³/mol. The zero-order valence-electron chi connectivity index (χ0n) is 9.43. The number of nitrogen functional groups attached to an aromatic ring is 1. The SMILES string of the molecule is Nc1ccc(NCc2ccc(CO)cc2)cn1. The average Bonchev–Trinajstić information content (AvgIpc) is 2.39. The van der Waals surface area contributed by atoms with Gasteiger partial charge < -0.3 is 16.2 Å². The lowest BCUT2D eigenvalue weighted by Gasteiger charge is -2.06. The van der Waals surface area contributed by atoms with Gasteiger partial charge in [-0.1, -0.05) is 24.3 Å². The third kappa shape index (κ3) is 3.19. The van der Waals surface area contributed by atoms with Crippen molar-refractivity contribution >= 4 is 11.5 Å². The Morgan fingerprint density at radius 3 is 2.35 bits per heavy atom. The summed E-state index contributed by atoms with van der Waals surface area (Å²) < 4.78 is 0. The standard InChI is InChI=1S/C13H15N3O/c14-13-6-5-12(8-16-13)15-7-10-1-3-11(9-17)4-2-10/h1-6,8,15,17H,7,9H2,(H2,14,16). The molecule has 0 atom stereocenters. The first-order valence-electron chi connectivity index (χ1n) is 5.42. The van der Waals surface area contributed by atoms with Gasteiger partial charge in [0, 0.05) is 6.54 Å². The van der Waals surface area contributed by atoms with Gasteiger partial charge in [0.05, 0.1) is 18.5 Å². The first kappa shape index (κ1) is 11.4. The van der Waals surface area contributed by atoms with Crippen molar-refractivity contribution in [1.82, 2.24) is 4.98 Å². The van der Waals surface area contributed by atoms with Crippen LogP contribution >= 0.6 is 0 Å². The summed E-state index contributed by atoms with van der Waals surface area (Å²) in [6, 6.07) is 11.5. The van der Waals surface area contributed by atoms with Gasteiger partial charge in [-0.3, -0.25) is 0 Å². The Balaban J connectivity index is 1.95. The molecule has 17 heavy (non-hydrogen) atoms. The molecule has 88 valence electrons. The largest absolute Gasteiger partial charge is 0.392 e. The molecule has 0 amide bonds. The lowest BCUT2D eigenvalue weighted by atomic mass is 10.1. The molecule has 1 heterocycles. The number of rotatable bonds is 4. The van der Waals surface area contributed by atoms with Gasteiger partial charge in [0.15, 0.2) is 0 Å². The molecular formula is C13H15N3O. The summed E-state index contributed by atoms with van der Waals surface area (Å²) in [6.07, 6.45) is 1.71. The van der Waals surface area contributed by atoms with Crippen LogP contribution in [0.3, 0.4) is 0 Å².